The zero-order valence-electron chi connectivity index (χ0n) is 14.3. The van der Waals surface area contributed by atoms with Gasteiger partial charge < -0.3 is 19.9 Å². The van der Waals surface area contributed by atoms with Crippen molar-refractivity contribution in [2.75, 3.05) is 18.0 Å². The van der Waals surface area contributed by atoms with E-state index in [0.29, 0.717) is 0 Å². The lowest BCUT2D eigenvalue weighted by Gasteiger charge is -2.34. The van der Waals surface area contributed by atoms with Gasteiger partial charge in [-0.3, -0.25) is 9.48 Å². The normalized spacial score (nSPS) is 17.5. The molecule has 9 heteroatoms. The van der Waals surface area contributed by atoms with Crippen LogP contribution >= 0.6 is 0 Å². The number of hydrogen-bond acceptors (Lipinski definition) is 5. The molecule has 25 heavy (non-hydrogen) atoms. The maximum atomic E-state index is 12.2. The first-order valence-electron chi connectivity index (χ1n) is 8.22. The average Bonchev–Trinajstić information content (AvgIpc) is 3.14. The van der Waals surface area contributed by atoms with Crippen LogP contribution in [0.3, 0.4) is 0 Å². The van der Waals surface area contributed by atoms with Crippen LogP contribution in [0.2, 0.25) is 0 Å². The fourth-order valence-electron chi connectivity index (χ4n) is 3.19. The second-order valence-corrected chi connectivity index (χ2v) is 6.36. The lowest BCUT2D eigenvalue weighted by atomic mass is 10.1. The van der Waals surface area contributed by atoms with Gasteiger partial charge in [0.15, 0.2) is 5.69 Å². The van der Waals surface area contributed by atoms with Crippen LogP contribution in [0.25, 0.3) is 0 Å². The van der Waals surface area contributed by atoms with Gasteiger partial charge in [-0.15, -0.1) is 0 Å². The minimum Gasteiger partial charge on any atom is -0.476 e. The number of aromatic carboxylic acids is 1. The molecule has 0 radical (unpaired) electrons. The first-order chi connectivity index (χ1) is 11.9. The van der Waals surface area contributed by atoms with Gasteiger partial charge >= 0.3 is 5.97 Å². The minimum atomic E-state index is -1.10. The molecule has 0 aromatic carbocycles. The summed E-state index contributed by atoms with van der Waals surface area (Å²) in [5.41, 5.74) is 0.904. The van der Waals surface area contributed by atoms with Gasteiger partial charge in [0.05, 0.1) is 12.0 Å². The molecule has 1 unspecified atom stereocenters. The molecule has 3 heterocycles. The Morgan fingerprint density at radius 3 is 2.88 bits per heavy atom. The van der Waals surface area contributed by atoms with E-state index in [9.17, 15) is 9.59 Å². The molecule has 2 aromatic heterocycles. The van der Waals surface area contributed by atoms with E-state index in [4.69, 9.17) is 5.11 Å². The molecule has 2 aromatic rings. The topological polar surface area (TPSA) is 105 Å². The van der Waals surface area contributed by atoms with Crippen molar-refractivity contribution in [2.45, 2.75) is 32.4 Å². The van der Waals surface area contributed by atoms with E-state index in [0.717, 1.165) is 37.4 Å². The molecule has 9 nitrogen and oxygen atoms in total. The third-order valence-corrected chi connectivity index (χ3v) is 4.27. The van der Waals surface area contributed by atoms with Crippen LogP contribution in [-0.2, 0) is 18.4 Å². The minimum absolute atomic E-state index is 0.0546. The van der Waals surface area contributed by atoms with Crippen LogP contribution in [0.5, 0.6) is 0 Å². The molecule has 1 aliphatic heterocycles. The number of nitrogens with one attached hydrogen (secondary N) is 1. The SMILES string of the molecule is Cc1cc(N2CCCC(NC(=O)Cn3cnc(C(=O)O)c3)C2)n(C)n1. The van der Waals surface area contributed by atoms with Crippen molar-refractivity contribution in [3.05, 3.63) is 30.0 Å². The molecule has 0 spiro atoms. The Morgan fingerprint density at radius 1 is 1.44 bits per heavy atom. The van der Waals surface area contributed by atoms with Crippen LogP contribution in [-0.4, -0.2) is 55.4 Å². The zero-order chi connectivity index (χ0) is 18.0. The van der Waals surface area contributed by atoms with E-state index >= 15 is 0 Å². The number of piperidine rings is 1. The zero-order valence-corrected chi connectivity index (χ0v) is 14.3. The Hall–Kier alpha value is -2.84. The summed E-state index contributed by atoms with van der Waals surface area (Å²) in [4.78, 5) is 29.0. The second kappa shape index (κ2) is 6.96. The summed E-state index contributed by atoms with van der Waals surface area (Å²) in [6, 6.07) is 2.10. The van der Waals surface area contributed by atoms with Gasteiger partial charge in [0.2, 0.25) is 5.91 Å². The summed E-state index contributed by atoms with van der Waals surface area (Å²) in [5, 5.41) is 16.3. The Kier molecular flexibility index (Phi) is 4.73. The predicted octanol–water partition coefficient (Wildman–Crippen LogP) is 0.408. The molecule has 0 bridgehead atoms. The van der Waals surface area contributed by atoms with E-state index in [1.54, 1.807) is 0 Å². The molecule has 0 saturated carbocycles. The Morgan fingerprint density at radius 2 is 2.24 bits per heavy atom. The van der Waals surface area contributed by atoms with E-state index in [-0.39, 0.29) is 24.2 Å². The number of imidazole rings is 1. The van der Waals surface area contributed by atoms with Crippen molar-refractivity contribution >= 4 is 17.7 Å². The summed E-state index contributed by atoms with van der Waals surface area (Å²) in [6.07, 6.45) is 4.62. The first kappa shape index (κ1) is 17.0. The molecular formula is C16H22N6O3. The predicted molar refractivity (Wildman–Crippen MR) is 90.5 cm³/mol. The number of rotatable bonds is 5. The Labute approximate surface area is 145 Å². The number of aromatic nitrogens is 4. The highest BCUT2D eigenvalue weighted by molar-refractivity contribution is 5.85. The lowest BCUT2D eigenvalue weighted by Crippen LogP contribution is -2.49. The molecule has 1 amide bonds. The van der Waals surface area contributed by atoms with Gasteiger partial charge in [-0.2, -0.15) is 5.10 Å². The summed E-state index contributed by atoms with van der Waals surface area (Å²) < 4.78 is 3.34. The molecule has 2 N–H and O–H groups in total. The molecule has 3 rings (SSSR count). The molecule has 134 valence electrons. The highest BCUT2D eigenvalue weighted by Crippen LogP contribution is 2.20. The molecule has 1 atom stereocenters. The van der Waals surface area contributed by atoms with Crippen LogP contribution in [0.4, 0.5) is 5.82 Å². The van der Waals surface area contributed by atoms with Gasteiger partial charge in [-0.25, -0.2) is 9.78 Å². The van der Waals surface area contributed by atoms with E-state index in [1.165, 1.54) is 17.1 Å². The lowest BCUT2D eigenvalue weighted by molar-refractivity contribution is -0.122. The van der Waals surface area contributed by atoms with Crippen LogP contribution < -0.4 is 10.2 Å². The number of carbonyl (C=O) groups excluding carboxylic acids is 1. The number of hydrogen-bond donors (Lipinski definition) is 2. The van der Waals surface area contributed by atoms with Crippen LogP contribution in [0.15, 0.2) is 18.6 Å². The number of carbonyl (C=O) groups is 2. The molecule has 1 saturated heterocycles. The summed E-state index contributed by atoms with van der Waals surface area (Å²) in [7, 11) is 1.92. The van der Waals surface area contributed by atoms with Gasteiger partial charge in [0.25, 0.3) is 0 Å². The van der Waals surface area contributed by atoms with Crippen molar-refractivity contribution in [2.24, 2.45) is 7.05 Å². The van der Waals surface area contributed by atoms with Gasteiger partial charge in [0.1, 0.15) is 12.4 Å². The Bertz CT molecular complexity index is 781. The third kappa shape index (κ3) is 3.98. The fraction of sp³-hybridized carbons (Fsp3) is 0.500. The first-order valence-corrected chi connectivity index (χ1v) is 8.22. The smallest absolute Gasteiger partial charge is 0.356 e. The maximum absolute atomic E-state index is 12.2. The Balaban J connectivity index is 1.57. The van der Waals surface area contributed by atoms with Crippen molar-refractivity contribution in [3.8, 4) is 0 Å². The number of anilines is 1. The van der Waals surface area contributed by atoms with Gasteiger partial charge in [-0.1, -0.05) is 0 Å². The van der Waals surface area contributed by atoms with E-state index < -0.39 is 5.97 Å². The number of aryl methyl sites for hydroxylation is 2. The monoisotopic (exact) mass is 346 g/mol. The maximum Gasteiger partial charge on any atom is 0.356 e. The van der Waals surface area contributed by atoms with Crippen molar-refractivity contribution < 1.29 is 14.7 Å². The number of amides is 1. The standard InChI is InChI=1S/C16H22N6O3/c1-11-6-15(20(2)19-11)22-5-3-4-12(7-22)18-14(23)9-21-8-13(16(24)25)17-10-21/h6,8,10,12H,3-5,7,9H2,1-2H3,(H,18,23)(H,24,25). The fourth-order valence-corrected chi connectivity index (χ4v) is 3.19. The third-order valence-electron chi connectivity index (χ3n) is 4.27. The molecule has 0 aliphatic carbocycles. The molecular weight excluding hydrogens is 324 g/mol. The molecule has 1 aliphatic rings. The van der Waals surface area contributed by atoms with Crippen molar-refractivity contribution in [1.29, 1.82) is 0 Å². The van der Waals surface area contributed by atoms with Crippen LogP contribution in [0, 0.1) is 6.92 Å². The largest absolute Gasteiger partial charge is 0.476 e. The summed E-state index contributed by atoms with van der Waals surface area (Å²) in [6.45, 7) is 3.69. The van der Waals surface area contributed by atoms with Gasteiger partial charge in [-0.05, 0) is 19.8 Å². The highest BCUT2D eigenvalue weighted by atomic mass is 16.4. The second-order valence-electron chi connectivity index (χ2n) is 6.36. The number of carboxylic acid groups (broad SMARTS) is 1. The quantitative estimate of drug-likeness (QED) is 0.812. The van der Waals surface area contributed by atoms with E-state index in [1.807, 2.05) is 24.7 Å². The number of nitrogens with zero attached hydrogens (tertiary/aromatic N) is 5. The van der Waals surface area contributed by atoms with Crippen molar-refractivity contribution in [3.63, 3.8) is 0 Å². The highest BCUT2D eigenvalue weighted by Gasteiger charge is 2.23. The average molecular weight is 346 g/mol. The van der Waals surface area contributed by atoms with Crippen LogP contribution in [0.1, 0.15) is 29.0 Å². The summed E-state index contributed by atoms with van der Waals surface area (Å²) >= 11 is 0. The van der Waals surface area contributed by atoms with Crippen molar-refractivity contribution in [1.82, 2.24) is 24.6 Å². The van der Waals surface area contributed by atoms with Gasteiger partial charge in [0, 0.05) is 38.4 Å². The van der Waals surface area contributed by atoms with E-state index in [2.05, 4.69) is 20.3 Å². The summed E-state index contributed by atoms with van der Waals surface area (Å²) in [5.74, 6) is -0.201. The molecule has 1 fully saturated rings. The number of carboxylic acids is 1.